The van der Waals surface area contributed by atoms with E-state index in [1.54, 1.807) is 0 Å². The quantitative estimate of drug-likeness (QED) is 0.158. The van der Waals surface area contributed by atoms with Gasteiger partial charge in [0.15, 0.2) is 0 Å². The number of hydrogen-bond donors (Lipinski definition) is 2. The van der Waals surface area contributed by atoms with Crippen molar-refractivity contribution in [3.63, 3.8) is 0 Å². The minimum Gasteiger partial charge on any atom is -0.491 e. The molecule has 0 heterocycles. The molecule has 1 unspecified atom stereocenters. The zero-order chi connectivity index (χ0) is 22.6. The molecule has 31 heavy (non-hydrogen) atoms. The lowest BCUT2D eigenvalue weighted by molar-refractivity contribution is 0.0182. The van der Waals surface area contributed by atoms with E-state index in [-0.39, 0.29) is 6.61 Å². The Morgan fingerprint density at radius 2 is 1.35 bits per heavy atom. The van der Waals surface area contributed by atoms with Crippen LogP contribution < -0.4 is 4.74 Å². The first-order chi connectivity index (χ1) is 15.0. The third-order valence-corrected chi connectivity index (χ3v) is 5.78. The number of para-hydroxylation sites is 1. The molecule has 2 N–H and O–H groups in total. The fourth-order valence-electron chi connectivity index (χ4n) is 3.52. The predicted octanol–water partition coefficient (Wildman–Crippen LogP) is 6.65. The fraction of sp³-hybridized carbons (Fsp3) is 0.750. The van der Waals surface area contributed by atoms with Crippen LogP contribution in [0.3, 0.4) is 0 Å². The van der Waals surface area contributed by atoms with Gasteiger partial charge in [-0.15, -0.1) is 0 Å². The van der Waals surface area contributed by atoms with Gasteiger partial charge in [0.2, 0.25) is 0 Å². The Balaban J connectivity index is 2.06. The molecule has 180 valence electrons. The van der Waals surface area contributed by atoms with Crippen molar-refractivity contribution in [1.82, 2.24) is 0 Å². The third kappa shape index (κ3) is 18.4. The Kier molecular flexibility index (Phi) is 16.9. The number of phosphoric ester groups is 1. The van der Waals surface area contributed by atoms with Gasteiger partial charge in [0.1, 0.15) is 12.4 Å². The molecular weight excluding hydrogens is 415 g/mol. The standard InChI is InChI=1S/C24H43O6P/c1-2-3-4-5-6-7-8-9-10-11-12-14-19-24(30-31(25,26)27)22-28-20-21-29-23-17-15-13-16-18-23/h13,15-18,24H,2-12,14,19-22H2,1H3,(H2,25,26,27). The van der Waals surface area contributed by atoms with Gasteiger partial charge in [-0.05, 0) is 18.6 Å². The van der Waals surface area contributed by atoms with Crippen LogP contribution in [0.1, 0.15) is 90.4 Å². The van der Waals surface area contributed by atoms with E-state index in [1.807, 2.05) is 30.3 Å². The van der Waals surface area contributed by atoms with Crippen LogP contribution in [0.2, 0.25) is 0 Å². The normalized spacial score (nSPS) is 12.7. The van der Waals surface area contributed by atoms with Crippen molar-refractivity contribution >= 4 is 7.82 Å². The highest BCUT2D eigenvalue weighted by atomic mass is 31.2. The summed E-state index contributed by atoms with van der Waals surface area (Å²) in [5.41, 5.74) is 0. The second kappa shape index (κ2) is 18.6. The molecule has 0 fully saturated rings. The first-order valence-corrected chi connectivity index (χ1v) is 13.5. The largest absolute Gasteiger partial charge is 0.491 e. The van der Waals surface area contributed by atoms with E-state index >= 15 is 0 Å². The highest BCUT2D eigenvalue weighted by Crippen LogP contribution is 2.38. The zero-order valence-corrected chi connectivity index (χ0v) is 20.1. The first kappa shape index (κ1) is 28.1. The molecule has 0 saturated carbocycles. The smallest absolute Gasteiger partial charge is 0.469 e. The second-order valence-electron chi connectivity index (χ2n) is 8.13. The summed E-state index contributed by atoms with van der Waals surface area (Å²) in [5, 5.41) is 0. The van der Waals surface area contributed by atoms with Gasteiger partial charge in [-0.1, -0.05) is 102 Å². The van der Waals surface area contributed by atoms with Crippen LogP contribution in [0, 0.1) is 0 Å². The SMILES string of the molecule is CCCCCCCCCCCCCCC(COCCOc1ccccc1)OP(=O)(O)O. The summed E-state index contributed by atoms with van der Waals surface area (Å²) < 4.78 is 27.2. The average molecular weight is 459 g/mol. The van der Waals surface area contributed by atoms with E-state index in [9.17, 15) is 4.57 Å². The maximum atomic E-state index is 11.2. The molecule has 0 aliphatic heterocycles. The summed E-state index contributed by atoms with van der Waals surface area (Å²) in [6.07, 6.45) is 15.0. The molecule has 0 saturated heterocycles. The Hall–Kier alpha value is -0.910. The minimum atomic E-state index is -4.52. The third-order valence-electron chi connectivity index (χ3n) is 5.21. The number of ether oxygens (including phenoxy) is 2. The van der Waals surface area contributed by atoms with Gasteiger partial charge in [0.05, 0.1) is 19.3 Å². The zero-order valence-electron chi connectivity index (χ0n) is 19.3. The summed E-state index contributed by atoms with van der Waals surface area (Å²) >= 11 is 0. The van der Waals surface area contributed by atoms with Crippen molar-refractivity contribution in [1.29, 1.82) is 0 Å². The van der Waals surface area contributed by atoms with Crippen LogP contribution >= 0.6 is 7.82 Å². The molecule has 1 atom stereocenters. The lowest BCUT2D eigenvalue weighted by atomic mass is 10.0. The predicted molar refractivity (Wildman–Crippen MR) is 125 cm³/mol. The number of benzene rings is 1. The van der Waals surface area contributed by atoms with Crippen LogP contribution in [0.4, 0.5) is 0 Å². The monoisotopic (exact) mass is 458 g/mol. The van der Waals surface area contributed by atoms with E-state index in [0.717, 1.165) is 25.0 Å². The molecule has 1 aromatic rings. The fourth-order valence-corrected chi connectivity index (χ4v) is 4.08. The van der Waals surface area contributed by atoms with Crippen molar-refractivity contribution in [2.45, 2.75) is 96.5 Å². The van der Waals surface area contributed by atoms with Crippen LogP contribution in [-0.2, 0) is 13.8 Å². The minimum absolute atomic E-state index is 0.154. The molecule has 0 bridgehead atoms. The lowest BCUT2D eigenvalue weighted by Gasteiger charge is -2.18. The Morgan fingerprint density at radius 1 is 0.806 bits per heavy atom. The Labute approximate surface area is 188 Å². The van der Waals surface area contributed by atoms with E-state index in [4.69, 9.17) is 23.8 Å². The van der Waals surface area contributed by atoms with E-state index < -0.39 is 13.9 Å². The Bertz CT molecular complexity index is 562. The van der Waals surface area contributed by atoms with Crippen molar-refractivity contribution in [3.05, 3.63) is 30.3 Å². The van der Waals surface area contributed by atoms with Gasteiger partial charge in [0, 0.05) is 0 Å². The first-order valence-electron chi connectivity index (χ1n) is 12.0. The molecule has 0 aliphatic carbocycles. The molecule has 0 aliphatic rings. The van der Waals surface area contributed by atoms with Crippen LogP contribution in [0.15, 0.2) is 30.3 Å². The summed E-state index contributed by atoms with van der Waals surface area (Å²) in [7, 11) is -4.52. The molecule has 0 radical (unpaired) electrons. The Morgan fingerprint density at radius 3 is 1.90 bits per heavy atom. The van der Waals surface area contributed by atoms with Crippen molar-refractivity contribution in [2.24, 2.45) is 0 Å². The van der Waals surface area contributed by atoms with Gasteiger partial charge >= 0.3 is 7.82 Å². The second-order valence-corrected chi connectivity index (χ2v) is 9.32. The maximum Gasteiger partial charge on any atom is 0.469 e. The summed E-state index contributed by atoms with van der Waals surface area (Å²) in [5.74, 6) is 0.769. The summed E-state index contributed by atoms with van der Waals surface area (Å²) in [4.78, 5) is 18.3. The van der Waals surface area contributed by atoms with Gasteiger partial charge in [-0.2, -0.15) is 0 Å². The summed E-state index contributed by atoms with van der Waals surface area (Å²) in [6.45, 7) is 3.12. The van der Waals surface area contributed by atoms with Gasteiger partial charge in [-0.3, -0.25) is 4.52 Å². The van der Waals surface area contributed by atoms with Crippen LogP contribution in [0.5, 0.6) is 5.75 Å². The molecule has 1 rings (SSSR count). The van der Waals surface area contributed by atoms with Gasteiger partial charge < -0.3 is 19.3 Å². The average Bonchev–Trinajstić information content (AvgIpc) is 2.73. The highest BCUT2D eigenvalue weighted by Gasteiger charge is 2.22. The number of rotatable bonds is 21. The van der Waals surface area contributed by atoms with Crippen LogP contribution in [-0.4, -0.2) is 35.7 Å². The van der Waals surface area contributed by atoms with E-state index in [0.29, 0.717) is 19.6 Å². The topological polar surface area (TPSA) is 85.2 Å². The van der Waals surface area contributed by atoms with Crippen LogP contribution in [0.25, 0.3) is 0 Å². The highest BCUT2D eigenvalue weighted by molar-refractivity contribution is 7.46. The van der Waals surface area contributed by atoms with Crippen molar-refractivity contribution in [3.8, 4) is 5.75 Å². The lowest BCUT2D eigenvalue weighted by Crippen LogP contribution is -2.21. The molecule has 6 nitrogen and oxygen atoms in total. The van der Waals surface area contributed by atoms with E-state index in [1.165, 1.54) is 57.8 Å². The molecule has 1 aromatic carbocycles. The van der Waals surface area contributed by atoms with Gasteiger partial charge in [-0.25, -0.2) is 4.57 Å². The van der Waals surface area contributed by atoms with Crippen molar-refractivity contribution in [2.75, 3.05) is 19.8 Å². The molecule has 0 aromatic heterocycles. The number of unbranched alkanes of at least 4 members (excludes halogenated alkanes) is 11. The molecular formula is C24H43O6P. The molecule has 0 amide bonds. The molecule has 7 heteroatoms. The maximum absolute atomic E-state index is 11.2. The molecule has 0 spiro atoms. The number of hydrogen-bond acceptors (Lipinski definition) is 4. The summed E-state index contributed by atoms with van der Waals surface area (Å²) in [6, 6.07) is 9.45. The van der Waals surface area contributed by atoms with Crippen molar-refractivity contribution < 1.29 is 28.3 Å². The number of phosphoric acid groups is 1. The van der Waals surface area contributed by atoms with E-state index in [2.05, 4.69) is 6.92 Å². The van der Waals surface area contributed by atoms with Gasteiger partial charge in [0.25, 0.3) is 0 Å².